The summed E-state index contributed by atoms with van der Waals surface area (Å²) in [5, 5.41) is 3.60. The zero-order valence-electron chi connectivity index (χ0n) is 25.5. The molecular weight excluding hydrogens is 629 g/mol. The van der Waals surface area contributed by atoms with E-state index in [4.69, 9.17) is 23.2 Å². The molecule has 4 rings (SSSR count). The van der Waals surface area contributed by atoms with Crippen molar-refractivity contribution >= 4 is 50.7 Å². The van der Waals surface area contributed by atoms with E-state index in [-0.39, 0.29) is 23.8 Å². The van der Waals surface area contributed by atoms with Crippen LogP contribution in [0, 0.1) is 13.8 Å². The van der Waals surface area contributed by atoms with Gasteiger partial charge in [-0.3, -0.25) is 13.9 Å². The van der Waals surface area contributed by atoms with Gasteiger partial charge in [-0.1, -0.05) is 96.4 Å². The predicted octanol–water partition coefficient (Wildman–Crippen LogP) is 6.97. The molecule has 236 valence electrons. The third-order valence-electron chi connectivity index (χ3n) is 7.33. The number of nitrogens with one attached hydrogen (secondary N) is 1. The number of aryl methyl sites for hydroxylation is 2. The molecule has 0 aromatic heterocycles. The number of hydrogen-bond acceptors (Lipinski definition) is 4. The first-order chi connectivity index (χ1) is 21.5. The molecule has 0 radical (unpaired) electrons. The van der Waals surface area contributed by atoms with Gasteiger partial charge in [-0.05, 0) is 73.4 Å². The standard InChI is InChI=1S/C35H37Cl2N3O4S/c1-4-19-38-35(42)33(22-27-10-6-5-7-11-27)39(23-28-15-18-31(36)32(37)21-28)34(41)24-40(29-12-8-9-26(3)20-29)45(43,44)30-16-13-25(2)14-17-30/h5-18,20-21,33H,4,19,22-24H2,1-3H3,(H,38,42)/t33-/m1/s1. The lowest BCUT2D eigenvalue weighted by atomic mass is 10.0. The molecule has 0 unspecified atom stereocenters. The third-order valence-corrected chi connectivity index (χ3v) is 9.86. The van der Waals surface area contributed by atoms with E-state index in [2.05, 4.69) is 5.32 Å². The van der Waals surface area contributed by atoms with E-state index in [1.165, 1.54) is 17.0 Å². The number of carbonyl (C=O) groups is 2. The van der Waals surface area contributed by atoms with Gasteiger partial charge in [0, 0.05) is 19.5 Å². The Morgan fingerprint density at radius 3 is 2.16 bits per heavy atom. The summed E-state index contributed by atoms with van der Waals surface area (Å²) in [4.78, 5) is 29.7. The van der Waals surface area contributed by atoms with Gasteiger partial charge in [0.1, 0.15) is 12.6 Å². The van der Waals surface area contributed by atoms with Crippen molar-refractivity contribution in [3.63, 3.8) is 0 Å². The molecule has 0 heterocycles. The van der Waals surface area contributed by atoms with Crippen LogP contribution in [0.2, 0.25) is 10.0 Å². The van der Waals surface area contributed by atoms with Crippen molar-refractivity contribution in [2.45, 2.75) is 51.1 Å². The van der Waals surface area contributed by atoms with Crippen molar-refractivity contribution < 1.29 is 18.0 Å². The van der Waals surface area contributed by atoms with Crippen molar-refractivity contribution in [3.8, 4) is 0 Å². The number of hydrogen-bond donors (Lipinski definition) is 1. The topological polar surface area (TPSA) is 86.8 Å². The highest BCUT2D eigenvalue weighted by molar-refractivity contribution is 7.92. The second-order valence-electron chi connectivity index (χ2n) is 10.9. The van der Waals surface area contributed by atoms with E-state index >= 15 is 0 Å². The van der Waals surface area contributed by atoms with Crippen molar-refractivity contribution in [1.29, 1.82) is 0 Å². The maximum Gasteiger partial charge on any atom is 0.264 e. The zero-order chi connectivity index (χ0) is 32.6. The van der Waals surface area contributed by atoms with Crippen LogP contribution in [0.25, 0.3) is 0 Å². The summed E-state index contributed by atoms with van der Waals surface area (Å²) in [6, 6.07) is 26.9. The molecule has 0 fully saturated rings. The Morgan fingerprint density at radius 2 is 1.51 bits per heavy atom. The Bertz CT molecular complexity index is 1730. The molecule has 0 spiro atoms. The van der Waals surface area contributed by atoms with Gasteiger partial charge in [0.05, 0.1) is 20.6 Å². The van der Waals surface area contributed by atoms with Gasteiger partial charge in [0.15, 0.2) is 0 Å². The zero-order valence-corrected chi connectivity index (χ0v) is 27.9. The average molecular weight is 667 g/mol. The van der Waals surface area contributed by atoms with Crippen LogP contribution in [0.15, 0.2) is 102 Å². The van der Waals surface area contributed by atoms with Crippen LogP contribution in [0.1, 0.15) is 35.6 Å². The normalized spacial score (nSPS) is 11.9. The SMILES string of the molecule is CCCNC(=O)[C@@H](Cc1ccccc1)N(Cc1ccc(Cl)c(Cl)c1)C(=O)CN(c1cccc(C)c1)S(=O)(=O)c1ccc(C)cc1. The molecule has 1 N–H and O–H groups in total. The first-order valence-electron chi connectivity index (χ1n) is 14.7. The fourth-order valence-corrected chi connectivity index (χ4v) is 6.63. The van der Waals surface area contributed by atoms with Crippen LogP contribution in [-0.2, 0) is 32.6 Å². The summed E-state index contributed by atoms with van der Waals surface area (Å²) >= 11 is 12.5. The fourth-order valence-electron chi connectivity index (χ4n) is 4.90. The minimum atomic E-state index is -4.17. The van der Waals surface area contributed by atoms with E-state index in [1.807, 2.05) is 57.2 Å². The largest absolute Gasteiger partial charge is 0.354 e. The summed E-state index contributed by atoms with van der Waals surface area (Å²) in [5.74, 6) is -0.886. The first kappa shape index (κ1) is 34.0. The van der Waals surface area contributed by atoms with Crippen LogP contribution in [0.4, 0.5) is 5.69 Å². The van der Waals surface area contributed by atoms with E-state index in [0.717, 1.165) is 21.0 Å². The van der Waals surface area contributed by atoms with Gasteiger partial charge in [-0.25, -0.2) is 8.42 Å². The summed E-state index contributed by atoms with van der Waals surface area (Å²) in [6.45, 7) is 5.56. The summed E-state index contributed by atoms with van der Waals surface area (Å²) in [7, 11) is -4.17. The van der Waals surface area contributed by atoms with E-state index < -0.39 is 28.5 Å². The monoisotopic (exact) mass is 665 g/mol. The fraction of sp³-hybridized carbons (Fsp3) is 0.257. The number of anilines is 1. The van der Waals surface area contributed by atoms with Crippen molar-refractivity contribution in [3.05, 3.63) is 129 Å². The number of benzene rings is 4. The third kappa shape index (κ3) is 8.87. The number of sulfonamides is 1. The van der Waals surface area contributed by atoms with Gasteiger partial charge in [-0.15, -0.1) is 0 Å². The average Bonchev–Trinajstić information content (AvgIpc) is 3.02. The number of carbonyl (C=O) groups excluding carboxylic acids is 2. The quantitative estimate of drug-likeness (QED) is 0.167. The van der Waals surface area contributed by atoms with Gasteiger partial charge in [0.2, 0.25) is 11.8 Å². The lowest BCUT2D eigenvalue weighted by Crippen LogP contribution is -2.53. The number of nitrogens with zero attached hydrogens (tertiary/aromatic N) is 2. The van der Waals surface area contributed by atoms with Gasteiger partial charge >= 0.3 is 0 Å². The Morgan fingerprint density at radius 1 is 0.800 bits per heavy atom. The minimum absolute atomic E-state index is 0.000988. The maximum atomic E-state index is 14.5. The van der Waals surface area contributed by atoms with Crippen LogP contribution in [0.5, 0.6) is 0 Å². The second kappa shape index (κ2) is 15.4. The second-order valence-corrected chi connectivity index (χ2v) is 13.6. The Labute approximate surface area is 275 Å². The molecule has 2 amide bonds. The Kier molecular flexibility index (Phi) is 11.7. The first-order valence-corrected chi connectivity index (χ1v) is 16.9. The number of halogens is 2. The van der Waals surface area contributed by atoms with Crippen LogP contribution < -0.4 is 9.62 Å². The lowest BCUT2D eigenvalue weighted by molar-refractivity contribution is -0.140. The molecule has 0 saturated carbocycles. The molecule has 4 aromatic rings. The van der Waals surface area contributed by atoms with Crippen molar-refractivity contribution in [2.24, 2.45) is 0 Å². The molecule has 4 aromatic carbocycles. The van der Waals surface area contributed by atoms with Crippen molar-refractivity contribution in [1.82, 2.24) is 10.2 Å². The number of rotatable bonds is 13. The number of amides is 2. The Hall–Kier alpha value is -3.85. The molecule has 0 aliphatic carbocycles. The minimum Gasteiger partial charge on any atom is -0.354 e. The van der Waals surface area contributed by atoms with Crippen LogP contribution >= 0.6 is 23.2 Å². The molecule has 0 saturated heterocycles. The highest BCUT2D eigenvalue weighted by Gasteiger charge is 2.34. The molecule has 0 aliphatic heterocycles. The van der Waals surface area contributed by atoms with E-state index in [9.17, 15) is 18.0 Å². The maximum absolute atomic E-state index is 14.5. The highest BCUT2D eigenvalue weighted by atomic mass is 35.5. The summed E-state index contributed by atoms with van der Waals surface area (Å²) in [6.07, 6.45) is 0.930. The molecule has 0 aliphatic rings. The molecule has 7 nitrogen and oxygen atoms in total. The molecular formula is C35H37Cl2N3O4S. The van der Waals surface area contributed by atoms with Crippen molar-refractivity contribution in [2.75, 3.05) is 17.4 Å². The van der Waals surface area contributed by atoms with Gasteiger partial charge in [0.25, 0.3) is 10.0 Å². The van der Waals surface area contributed by atoms with Crippen LogP contribution in [0.3, 0.4) is 0 Å². The van der Waals surface area contributed by atoms with E-state index in [0.29, 0.717) is 34.3 Å². The molecule has 45 heavy (non-hydrogen) atoms. The van der Waals surface area contributed by atoms with Gasteiger partial charge in [-0.2, -0.15) is 0 Å². The molecule has 1 atom stereocenters. The summed E-state index contributed by atoms with van der Waals surface area (Å²) < 4.78 is 29.4. The lowest BCUT2D eigenvalue weighted by Gasteiger charge is -2.34. The van der Waals surface area contributed by atoms with Gasteiger partial charge < -0.3 is 10.2 Å². The Balaban J connectivity index is 1.81. The molecule has 0 bridgehead atoms. The van der Waals surface area contributed by atoms with Crippen LogP contribution in [-0.4, -0.2) is 44.3 Å². The summed E-state index contributed by atoms with van der Waals surface area (Å²) in [5.41, 5.74) is 3.57. The van der Waals surface area contributed by atoms with E-state index in [1.54, 1.807) is 48.5 Å². The predicted molar refractivity (Wildman–Crippen MR) is 181 cm³/mol. The molecule has 10 heteroatoms. The smallest absolute Gasteiger partial charge is 0.264 e. The highest BCUT2D eigenvalue weighted by Crippen LogP contribution is 2.27.